The number of carboxylic acid groups (broad SMARTS) is 1. The van der Waals surface area contributed by atoms with Crippen molar-refractivity contribution < 1.29 is 14.7 Å². The van der Waals surface area contributed by atoms with Crippen molar-refractivity contribution in [2.45, 2.75) is 13.8 Å². The van der Waals surface area contributed by atoms with Crippen LogP contribution in [0.15, 0.2) is 18.2 Å². The van der Waals surface area contributed by atoms with E-state index in [4.69, 9.17) is 28.3 Å². The molecule has 2 amide bonds. The maximum Gasteiger partial charge on any atom is 0.319 e. The van der Waals surface area contributed by atoms with Crippen LogP contribution in [0.1, 0.15) is 13.8 Å². The second kappa shape index (κ2) is 7.36. The molecule has 7 heteroatoms. The van der Waals surface area contributed by atoms with Crippen LogP contribution in [0.2, 0.25) is 10.0 Å². The van der Waals surface area contributed by atoms with Gasteiger partial charge in [-0.05, 0) is 24.1 Å². The number of nitrogens with one attached hydrogen (secondary N) is 2. The lowest BCUT2D eigenvalue weighted by molar-refractivity contribution is -0.142. The summed E-state index contributed by atoms with van der Waals surface area (Å²) in [4.78, 5) is 22.7. The fourth-order valence-electron chi connectivity index (χ4n) is 1.56. The molecular formula is C13H16Cl2N2O3. The van der Waals surface area contributed by atoms with E-state index < -0.39 is 17.9 Å². The van der Waals surface area contributed by atoms with Crippen molar-refractivity contribution in [1.29, 1.82) is 0 Å². The minimum atomic E-state index is -0.935. The summed E-state index contributed by atoms with van der Waals surface area (Å²) in [5.74, 6) is -1.64. The molecule has 1 unspecified atom stereocenters. The van der Waals surface area contributed by atoms with Crippen molar-refractivity contribution in [2.24, 2.45) is 11.8 Å². The Balaban J connectivity index is 2.55. The highest BCUT2D eigenvalue weighted by atomic mass is 35.5. The zero-order valence-corrected chi connectivity index (χ0v) is 12.6. The lowest BCUT2D eigenvalue weighted by atomic mass is 9.96. The molecule has 0 heterocycles. The van der Waals surface area contributed by atoms with Crippen LogP contribution in [0.25, 0.3) is 0 Å². The van der Waals surface area contributed by atoms with E-state index in [1.165, 1.54) is 6.07 Å². The van der Waals surface area contributed by atoms with Crippen molar-refractivity contribution in [3.05, 3.63) is 28.2 Å². The third-order valence-electron chi connectivity index (χ3n) is 2.78. The van der Waals surface area contributed by atoms with Crippen LogP contribution >= 0.6 is 23.2 Å². The normalized spacial score (nSPS) is 12.1. The topological polar surface area (TPSA) is 78.4 Å². The number of hydrogen-bond acceptors (Lipinski definition) is 2. The van der Waals surface area contributed by atoms with E-state index in [2.05, 4.69) is 10.6 Å². The fraction of sp³-hybridized carbons (Fsp3) is 0.385. The molecule has 0 fully saturated rings. The van der Waals surface area contributed by atoms with Crippen molar-refractivity contribution in [1.82, 2.24) is 5.32 Å². The van der Waals surface area contributed by atoms with Crippen molar-refractivity contribution in [2.75, 3.05) is 11.9 Å². The van der Waals surface area contributed by atoms with Crippen LogP contribution in [0.3, 0.4) is 0 Å². The molecule has 3 N–H and O–H groups in total. The van der Waals surface area contributed by atoms with Crippen LogP contribution in [0.4, 0.5) is 10.5 Å². The number of hydrogen-bond donors (Lipinski definition) is 3. The molecule has 0 bridgehead atoms. The van der Waals surface area contributed by atoms with Gasteiger partial charge in [-0.15, -0.1) is 0 Å². The third kappa shape index (κ3) is 4.90. The van der Waals surface area contributed by atoms with Gasteiger partial charge < -0.3 is 15.7 Å². The van der Waals surface area contributed by atoms with Gasteiger partial charge in [0.15, 0.2) is 0 Å². The first-order valence-corrected chi connectivity index (χ1v) is 6.79. The number of urea groups is 1. The third-order valence-corrected chi connectivity index (χ3v) is 3.52. The summed E-state index contributed by atoms with van der Waals surface area (Å²) in [5.41, 5.74) is 0.480. The smallest absolute Gasteiger partial charge is 0.319 e. The highest BCUT2D eigenvalue weighted by molar-refractivity contribution is 6.42. The fourth-order valence-corrected chi connectivity index (χ4v) is 1.86. The molecule has 110 valence electrons. The molecule has 0 aromatic heterocycles. The van der Waals surface area contributed by atoms with Gasteiger partial charge in [0, 0.05) is 12.2 Å². The van der Waals surface area contributed by atoms with Gasteiger partial charge in [-0.3, -0.25) is 4.79 Å². The van der Waals surface area contributed by atoms with Crippen molar-refractivity contribution >= 4 is 40.9 Å². The first-order valence-electron chi connectivity index (χ1n) is 6.04. The Hall–Kier alpha value is -1.46. The molecule has 0 aliphatic rings. The number of carboxylic acids is 1. The van der Waals surface area contributed by atoms with E-state index in [0.29, 0.717) is 15.7 Å². The van der Waals surface area contributed by atoms with Gasteiger partial charge in [-0.2, -0.15) is 0 Å². The SMILES string of the molecule is CC(C)C(CNC(=O)Nc1ccc(Cl)c(Cl)c1)C(=O)O. The number of aliphatic carboxylic acids is 1. The zero-order valence-electron chi connectivity index (χ0n) is 11.1. The van der Waals surface area contributed by atoms with E-state index in [9.17, 15) is 9.59 Å². The molecule has 0 radical (unpaired) electrons. The maximum absolute atomic E-state index is 11.7. The molecule has 0 spiro atoms. The molecule has 1 aromatic rings. The van der Waals surface area contributed by atoms with Crippen LogP contribution in [-0.2, 0) is 4.79 Å². The van der Waals surface area contributed by atoms with Crippen molar-refractivity contribution in [3.8, 4) is 0 Å². The van der Waals surface area contributed by atoms with Crippen LogP contribution in [0.5, 0.6) is 0 Å². The number of carbonyl (C=O) groups is 2. The maximum atomic E-state index is 11.7. The zero-order chi connectivity index (χ0) is 15.3. The monoisotopic (exact) mass is 318 g/mol. The Morgan fingerprint density at radius 1 is 1.25 bits per heavy atom. The summed E-state index contributed by atoms with van der Waals surface area (Å²) in [6.07, 6.45) is 0. The molecule has 1 atom stereocenters. The Morgan fingerprint density at radius 3 is 2.40 bits per heavy atom. The van der Waals surface area contributed by atoms with Gasteiger partial charge in [0.25, 0.3) is 0 Å². The lowest BCUT2D eigenvalue weighted by Crippen LogP contribution is -2.37. The number of carbonyl (C=O) groups excluding carboxylic acids is 1. The Morgan fingerprint density at radius 2 is 1.90 bits per heavy atom. The lowest BCUT2D eigenvalue weighted by Gasteiger charge is -2.17. The average Bonchev–Trinajstić information content (AvgIpc) is 2.33. The molecule has 1 aromatic carbocycles. The molecule has 0 saturated carbocycles. The molecule has 0 aliphatic heterocycles. The highest BCUT2D eigenvalue weighted by Gasteiger charge is 2.21. The summed E-state index contributed by atoms with van der Waals surface area (Å²) in [5, 5.41) is 14.8. The van der Waals surface area contributed by atoms with Crippen LogP contribution in [-0.4, -0.2) is 23.7 Å². The largest absolute Gasteiger partial charge is 0.481 e. The van der Waals surface area contributed by atoms with Crippen LogP contribution < -0.4 is 10.6 Å². The van der Waals surface area contributed by atoms with Crippen molar-refractivity contribution in [3.63, 3.8) is 0 Å². The number of anilines is 1. The van der Waals surface area contributed by atoms with E-state index in [-0.39, 0.29) is 12.5 Å². The molecule has 1 rings (SSSR count). The summed E-state index contributed by atoms with van der Waals surface area (Å²) >= 11 is 11.6. The van der Waals surface area contributed by atoms with Gasteiger partial charge >= 0.3 is 12.0 Å². The van der Waals surface area contributed by atoms with Gasteiger partial charge in [0.1, 0.15) is 0 Å². The average molecular weight is 319 g/mol. The first kappa shape index (κ1) is 16.6. The summed E-state index contributed by atoms with van der Waals surface area (Å²) in [6, 6.07) is 4.19. The number of halogens is 2. The van der Waals surface area contributed by atoms with Gasteiger partial charge in [-0.1, -0.05) is 37.0 Å². The molecular weight excluding hydrogens is 303 g/mol. The summed E-state index contributed by atoms with van der Waals surface area (Å²) in [7, 11) is 0. The molecule has 20 heavy (non-hydrogen) atoms. The number of rotatable bonds is 5. The Bertz CT molecular complexity index is 506. The highest BCUT2D eigenvalue weighted by Crippen LogP contribution is 2.24. The minimum Gasteiger partial charge on any atom is -0.481 e. The standard InChI is InChI=1S/C13H16Cl2N2O3/c1-7(2)9(12(18)19)6-16-13(20)17-8-3-4-10(14)11(15)5-8/h3-5,7,9H,6H2,1-2H3,(H,18,19)(H2,16,17,20). The van der Waals surface area contributed by atoms with Gasteiger partial charge in [0.05, 0.1) is 16.0 Å². The van der Waals surface area contributed by atoms with E-state index in [0.717, 1.165) is 0 Å². The molecule has 5 nitrogen and oxygen atoms in total. The summed E-state index contributed by atoms with van der Waals surface area (Å²) in [6.45, 7) is 3.63. The van der Waals surface area contributed by atoms with E-state index in [1.807, 2.05) is 0 Å². The molecule has 0 aliphatic carbocycles. The van der Waals surface area contributed by atoms with Gasteiger partial charge in [-0.25, -0.2) is 4.79 Å². The first-order chi connectivity index (χ1) is 9.31. The van der Waals surface area contributed by atoms with Gasteiger partial charge in [0.2, 0.25) is 0 Å². The second-order valence-electron chi connectivity index (χ2n) is 4.65. The summed E-state index contributed by atoms with van der Waals surface area (Å²) < 4.78 is 0. The number of benzene rings is 1. The number of amides is 2. The van der Waals surface area contributed by atoms with E-state index >= 15 is 0 Å². The van der Waals surface area contributed by atoms with Crippen LogP contribution in [0, 0.1) is 11.8 Å². The predicted octanol–water partition coefficient (Wildman–Crippen LogP) is 3.47. The minimum absolute atomic E-state index is 0.0557. The second-order valence-corrected chi connectivity index (χ2v) is 5.47. The quantitative estimate of drug-likeness (QED) is 0.777. The predicted molar refractivity (Wildman–Crippen MR) is 79.4 cm³/mol. The van der Waals surface area contributed by atoms with E-state index in [1.54, 1.807) is 26.0 Å². The Kier molecular flexibility index (Phi) is 6.10. The Labute approximate surface area is 127 Å². The molecule has 0 saturated heterocycles.